The molecule has 0 fully saturated rings. The monoisotopic (exact) mass is 189 g/mol. The van der Waals surface area contributed by atoms with E-state index in [1.165, 1.54) is 0 Å². The highest BCUT2D eigenvalue weighted by atomic mass is 31.2. The lowest BCUT2D eigenvalue weighted by atomic mass is 10.1. The molecule has 0 aromatic rings. The Morgan fingerprint density at radius 3 is 2.42 bits per heavy atom. The van der Waals surface area contributed by atoms with E-state index in [0.29, 0.717) is 5.92 Å². The minimum absolute atomic E-state index is 0.697. The fourth-order valence-corrected chi connectivity index (χ4v) is 1.29. The van der Waals surface area contributed by atoms with E-state index in [0.717, 1.165) is 18.2 Å². The van der Waals surface area contributed by atoms with E-state index in [-0.39, 0.29) is 0 Å². The fourth-order valence-electron chi connectivity index (χ4n) is 0.803. The van der Waals surface area contributed by atoms with Crippen LogP contribution in [0.2, 0.25) is 0 Å². The second-order valence-electron chi connectivity index (χ2n) is 3.78. The molecule has 0 aliphatic heterocycles. The van der Waals surface area contributed by atoms with Crippen molar-refractivity contribution in [3.63, 3.8) is 0 Å². The molecule has 2 N–H and O–H groups in total. The second kappa shape index (κ2) is 4.84. The van der Waals surface area contributed by atoms with Crippen LogP contribution in [0.25, 0.3) is 0 Å². The van der Waals surface area contributed by atoms with Crippen LogP contribution < -0.4 is 0 Å². The number of nitrogens with one attached hydrogen (secondary N) is 1. The largest absolute Gasteiger partial charge is 0.357 e. The van der Waals surface area contributed by atoms with Crippen LogP contribution in [0.4, 0.5) is 0 Å². The minimum Gasteiger partial charge on any atom is -0.357 e. The average molecular weight is 189 g/mol. The van der Waals surface area contributed by atoms with Gasteiger partial charge in [0, 0.05) is 0 Å². The van der Waals surface area contributed by atoms with Gasteiger partial charge in [0.1, 0.15) is 0 Å². The number of allylic oxidation sites excluding steroid dienone is 2. The van der Waals surface area contributed by atoms with Crippen molar-refractivity contribution >= 4 is 7.28 Å². The third kappa shape index (κ3) is 5.56. The molecule has 0 radical (unpaired) electrons. The van der Waals surface area contributed by atoms with Crippen molar-refractivity contribution in [2.45, 2.75) is 33.6 Å². The number of hydrogen-bond donors (Lipinski definition) is 2. The first-order chi connectivity index (χ1) is 5.34. The molecule has 0 amide bonds. The molecule has 0 aliphatic carbocycles. The van der Waals surface area contributed by atoms with E-state index >= 15 is 0 Å². The number of hydrogen-bond acceptors (Lipinski definition) is 1. The zero-order chi connectivity index (χ0) is 9.78. The van der Waals surface area contributed by atoms with Crippen molar-refractivity contribution in [3.05, 3.63) is 11.4 Å². The third-order valence-electron chi connectivity index (χ3n) is 1.87. The summed E-state index contributed by atoms with van der Waals surface area (Å²) >= 11 is 0. The van der Waals surface area contributed by atoms with Crippen LogP contribution in [0.3, 0.4) is 0 Å². The standard InChI is InChI=1S/C9H20NOP/c1-8(2)6-5-7-9(3)12(4,10)11/h7-8H,5-6H2,1-4H3,(H2,10,11)/b9-7-. The first-order valence-electron chi connectivity index (χ1n) is 4.35. The van der Waals surface area contributed by atoms with Crippen molar-refractivity contribution in [1.29, 1.82) is 5.16 Å². The predicted molar refractivity (Wildman–Crippen MR) is 55.6 cm³/mol. The summed E-state index contributed by atoms with van der Waals surface area (Å²) in [6.45, 7) is 7.81. The SMILES string of the molecule is C/C(=C/CCC(C)C)P(C)(=N)O. The molecule has 72 valence electrons. The summed E-state index contributed by atoms with van der Waals surface area (Å²) in [5.41, 5.74) is 0. The Hall–Kier alpha value is -0.0700. The Balaban J connectivity index is 3.95. The van der Waals surface area contributed by atoms with E-state index in [1.54, 1.807) is 6.66 Å². The van der Waals surface area contributed by atoms with Gasteiger partial charge in [0.15, 0.2) is 0 Å². The van der Waals surface area contributed by atoms with E-state index in [4.69, 9.17) is 5.16 Å². The Kier molecular flexibility index (Phi) is 4.81. The average Bonchev–Trinajstić information content (AvgIpc) is 1.84. The molecule has 12 heavy (non-hydrogen) atoms. The summed E-state index contributed by atoms with van der Waals surface area (Å²) in [7, 11) is -2.46. The molecular formula is C9H20NOP. The van der Waals surface area contributed by atoms with E-state index in [9.17, 15) is 4.89 Å². The van der Waals surface area contributed by atoms with Gasteiger partial charge < -0.3 is 4.89 Å². The van der Waals surface area contributed by atoms with Crippen molar-refractivity contribution < 1.29 is 4.89 Å². The van der Waals surface area contributed by atoms with Crippen LogP contribution in [0.15, 0.2) is 11.4 Å². The zero-order valence-corrected chi connectivity index (χ0v) is 9.36. The third-order valence-corrected chi connectivity index (χ3v) is 3.43. The Morgan fingerprint density at radius 1 is 1.58 bits per heavy atom. The normalized spacial score (nSPS) is 18.0. The Labute approximate surface area is 75.6 Å². The van der Waals surface area contributed by atoms with Gasteiger partial charge in [0.05, 0.1) is 7.28 Å². The molecule has 2 nitrogen and oxygen atoms in total. The molecule has 1 atom stereocenters. The van der Waals surface area contributed by atoms with Gasteiger partial charge in [-0.1, -0.05) is 19.9 Å². The molecule has 0 heterocycles. The summed E-state index contributed by atoms with van der Waals surface area (Å²) in [4.78, 5) is 9.36. The maximum Gasteiger partial charge on any atom is 0.1000 e. The fraction of sp³-hybridized carbons (Fsp3) is 0.778. The van der Waals surface area contributed by atoms with Crippen LogP contribution in [0.5, 0.6) is 0 Å². The van der Waals surface area contributed by atoms with E-state index in [2.05, 4.69) is 13.8 Å². The molecule has 0 aliphatic rings. The van der Waals surface area contributed by atoms with Crippen LogP contribution in [-0.2, 0) is 0 Å². The quantitative estimate of drug-likeness (QED) is 0.651. The zero-order valence-electron chi connectivity index (χ0n) is 8.46. The summed E-state index contributed by atoms with van der Waals surface area (Å²) in [5, 5.41) is 8.27. The van der Waals surface area contributed by atoms with Gasteiger partial charge >= 0.3 is 0 Å². The molecule has 0 saturated carbocycles. The van der Waals surface area contributed by atoms with E-state index < -0.39 is 7.28 Å². The molecule has 0 saturated heterocycles. The maximum atomic E-state index is 9.36. The van der Waals surface area contributed by atoms with Crippen LogP contribution in [-0.4, -0.2) is 11.6 Å². The van der Waals surface area contributed by atoms with Crippen molar-refractivity contribution in [2.75, 3.05) is 6.66 Å². The topological polar surface area (TPSA) is 44.1 Å². The van der Waals surface area contributed by atoms with Gasteiger partial charge in [-0.25, -0.2) is 0 Å². The van der Waals surface area contributed by atoms with Gasteiger partial charge in [0.25, 0.3) is 0 Å². The van der Waals surface area contributed by atoms with Crippen LogP contribution in [0, 0.1) is 11.1 Å². The van der Waals surface area contributed by atoms with Crippen LogP contribution >= 0.6 is 7.28 Å². The lowest BCUT2D eigenvalue weighted by Crippen LogP contribution is -1.85. The molecule has 3 heteroatoms. The number of rotatable bonds is 4. The summed E-state index contributed by atoms with van der Waals surface area (Å²) < 4.78 is 0. The van der Waals surface area contributed by atoms with Gasteiger partial charge in [0.2, 0.25) is 0 Å². The van der Waals surface area contributed by atoms with E-state index in [1.807, 2.05) is 13.0 Å². The molecule has 0 bridgehead atoms. The lowest BCUT2D eigenvalue weighted by molar-refractivity contribution is 0.592. The predicted octanol–water partition coefficient (Wildman–Crippen LogP) is 3.64. The van der Waals surface area contributed by atoms with Gasteiger partial charge in [-0.3, -0.25) is 5.16 Å². The molecule has 0 spiro atoms. The second-order valence-corrected chi connectivity index (χ2v) is 6.40. The Bertz CT molecular complexity index is 203. The van der Waals surface area contributed by atoms with Crippen molar-refractivity contribution in [1.82, 2.24) is 0 Å². The highest BCUT2D eigenvalue weighted by molar-refractivity contribution is 7.62. The molecule has 0 rings (SSSR count). The van der Waals surface area contributed by atoms with Gasteiger partial charge in [-0.2, -0.15) is 0 Å². The molecular weight excluding hydrogens is 169 g/mol. The van der Waals surface area contributed by atoms with Gasteiger partial charge in [-0.15, -0.1) is 0 Å². The van der Waals surface area contributed by atoms with Gasteiger partial charge in [-0.05, 0) is 37.7 Å². The first kappa shape index (κ1) is 11.9. The first-order valence-corrected chi connectivity index (χ1v) is 6.54. The van der Waals surface area contributed by atoms with Crippen LogP contribution in [0.1, 0.15) is 33.6 Å². The lowest BCUT2D eigenvalue weighted by Gasteiger charge is -2.09. The minimum atomic E-state index is -2.46. The maximum absolute atomic E-state index is 9.36. The highest BCUT2D eigenvalue weighted by Gasteiger charge is 2.05. The molecule has 1 unspecified atom stereocenters. The smallest absolute Gasteiger partial charge is 0.1000 e. The van der Waals surface area contributed by atoms with Crippen molar-refractivity contribution in [3.8, 4) is 0 Å². The molecule has 0 aromatic carbocycles. The summed E-state index contributed by atoms with van der Waals surface area (Å²) in [6, 6.07) is 0. The Morgan fingerprint density at radius 2 is 2.08 bits per heavy atom. The summed E-state index contributed by atoms with van der Waals surface area (Å²) in [6.07, 6.45) is 4.12. The summed E-state index contributed by atoms with van der Waals surface area (Å²) in [5.74, 6) is 0.697. The van der Waals surface area contributed by atoms with Crippen molar-refractivity contribution in [2.24, 2.45) is 5.92 Å². The highest BCUT2D eigenvalue weighted by Crippen LogP contribution is 2.45. The molecule has 0 aromatic heterocycles.